The average Bonchev–Trinajstić information content (AvgIpc) is 2.95. The molecule has 0 saturated heterocycles. The van der Waals surface area contributed by atoms with Gasteiger partial charge in [-0.25, -0.2) is 5.43 Å². The van der Waals surface area contributed by atoms with Gasteiger partial charge in [0.05, 0.1) is 25.8 Å². The van der Waals surface area contributed by atoms with Gasteiger partial charge in [0.2, 0.25) is 11.0 Å². The Hall–Kier alpha value is -2.68. The second kappa shape index (κ2) is 8.82. The molecule has 0 aliphatic heterocycles. The maximum Gasteiger partial charge on any atom is 0.247 e. The standard InChI is InChI=1S/C15H19N5O3S/c1-3-22-11-6-5-10(12(7-11)23-4-2)9-17-18-13(21)8-14-19-20-15(16)24-14/h5-7,9H,3-4,8H2,1-2H3,(H2,16,20)(H,18,21)/b17-9-. The molecule has 0 atom stereocenters. The van der Waals surface area contributed by atoms with Gasteiger partial charge in [-0.2, -0.15) is 5.10 Å². The lowest BCUT2D eigenvalue weighted by Gasteiger charge is -2.09. The fraction of sp³-hybridized carbons (Fsp3) is 0.333. The fourth-order valence-electron chi connectivity index (χ4n) is 1.85. The summed E-state index contributed by atoms with van der Waals surface area (Å²) in [7, 11) is 0. The molecule has 0 saturated carbocycles. The number of carbonyl (C=O) groups excluding carboxylic acids is 1. The number of rotatable bonds is 8. The molecule has 1 aromatic carbocycles. The highest BCUT2D eigenvalue weighted by atomic mass is 32.1. The van der Waals surface area contributed by atoms with Crippen LogP contribution >= 0.6 is 11.3 Å². The Labute approximate surface area is 143 Å². The molecule has 1 aromatic heterocycles. The summed E-state index contributed by atoms with van der Waals surface area (Å²) in [5.74, 6) is 1.06. The van der Waals surface area contributed by atoms with E-state index in [0.717, 1.165) is 11.3 Å². The molecule has 0 radical (unpaired) electrons. The van der Waals surface area contributed by atoms with E-state index in [1.54, 1.807) is 6.07 Å². The molecule has 8 nitrogen and oxygen atoms in total. The Morgan fingerprint density at radius 1 is 1.33 bits per heavy atom. The number of aromatic nitrogens is 2. The summed E-state index contributed by atoms with van der Waals surface area (Å²) in [6.45, 7) is 4.90. The average molecular weight is 349 g/mol. The number of nitrogens with one attached hydrogen (secondary N) is 1. The minimum Gasteiger partial charge on any atom is -0.494 e. The SMILES string of the molecule is CCOc1ccc(/C=N\NC(=O)Cc2nnc(N)s2)c(OCC)c1. The van der Waals surface area contributed by atoms with E-state index in [4.69, 9.17) is 15.2 Å². The summed E-state index contributed by atoms with van der Waals surface area (Å²) in [6.07, 6.45) is 1.60. The van der Waals surface area contributed by atoms with Crippen molar-refractivity contribution in [2.75, 3.05) is 18.9 Å². The number of hydrogen-bond acceptors (Lipinski definition) is 8. The van der Waals surface area contributed by atoms with Crippen molar-refractivity contribution in [3.8, 4) is 11.5 Å². The summed E-state index contributed by atoms with van der Waals surface area (Å²) >= 11 is 1.17. The van der Waals surface area contributed by atoms with E-state index in [1.807, 2.05) is 26.0 Å². The molecule has 0 aliphatic rings. The Balaban J connectivity index is 1.98. The lowest BCUT2D eigenvalue weighted by molar-refractivity contribution is -0.120. The Morgan fingerprint density at radius 3 is 2.79 bits per heavy atom. The van der Waals surface area contributed by atoms with Gasteiger partial charge < -0.3 is 15.2 Å². The predicted molar refractivity (Wildman–Crippen MR) is 92.5 cm³/mol. The van der Waals surface area contributed by atoms with Crippen molar-refractivity contribution in [3.05, 3.63) is 28.8 Å². The summed E-state index contributed by atoms with van der Waals surface area (Å²) in [6, 6.07) is 5.43. The van der Waals surface area contributed by atoms with E-state index in [-0.39, 0.29) is 12.3 Å². The van der Waals surface area contributed by atoms with E-state index in [9.17, 15) is 4.79 Å². The normalized spacial score (nSPS) is 10.8. The molecule has 0 fully saturated rings. The fourth-order valence-corrected chi connectivity index (χ4v) is 2.45. The van der Waals surface area contributed by atoms with Crippen LogP contribution in [0.4, 0.5) is 5.13 Å². The minimum absolute atomic E-state index is 0.0772. The predicted octanol–water partition coefficient (Wildman–Crippen LogP) is 1.61. The molecule has 24 heavy (non-hydrogen) atoms. The van der Waals surface area contributed by atoms with Crippen molar-refractivity contribution in [2.45, 2.75) is 20.3 Å². The van der Waals surface area contributed by atoms with Gasteiger partial charge in [-0.15, -0.1) is 10.2 Å². The first-order valence-electron chi connectivity index (χ1n) is 7.41. The summed E-state index contributed by atoms with van der Waals surface area (Å²) < 4.78 is 11.0. The van der Waals surface area contributed by atoms with E-state index >= 15 is 0 Å². The van der Waals surface area contributed by atoms with Crippen LogP contribution in [0.5, 0.6) is 11.5 Å². The molecule has 128 valence electrons. The van der Waals surface area contributed by atoms with Crippen molar-refractivity contribution in [2.24, 2.45) is 5.10 Å². The van der Waals surface area contributed by atoms with Gasteiger partial charge in [-0.3, -0.25) is 4.79 Å². The quantitative estimate of drug-likeness (QED) is 0.553. The van der Waals surface area contributed by atoms with Gasteiger partial charge >= 0.3 is 0 Å². The van der Waals surface area contributed by atoms with Gasteiger partial charge in [0.25, 0.3) is 0 Å². The van der Waals surface area contributed by atoms with Crippen LogP contribution in [0.3, 0.4) is 0 Å². The van der Waals surface area contributed by atoms with Gasteiger partial charge in [-0.1, -0.05) is 11.3 Å². The first-order valence-corrected chi connectivity index (χ1v) is 8.23. The number of carbonyl (C=O) groups is 1. The minimum atomic E-state index is -0.300. The van der Waals surface area contributed by atoms with Crippen LogP contribution in [0.1, 0.15) is 24.4 Å². The van der Waals surface area contributed by atoms with E-state index in [2.05, 4.69) is 20.7 Å². The van der Waals surface area contributed by atoms with Crippen molar-refractivity contribution < 1.29 is 14.3 Å². The van der Waals surface area contributed by atoms with Crippen LogP contribution < -0.4 is 20.6 Å². The zero-order valence-electron chi connectivity index (χ0n) is 13.5. The highest BCUT2D eigenvalue weighted by Gasteiger charge is 2.08. The van der Waals surface area contributed by atoms with Crippen molar-refractivity contribution in [1.82, 2.24) is 15.6 Å². The third-order valence-electron chi connectivity index (χ3n) is 2.78. The first-order chi connectivity index (χ1) is 11.6. The number of nitrogens with zero attached hydrogens (tertiary/aromatic N) is 3. The molecule has 9 heteroatoms. The molecular weight excluding hydrogens is 330 g/mol. The molecule has 3 N–H and O–H groups in total. The largest absolute Gasteiger partial charge is 0.494 e. The summed E-state index contributed by atoms with van der Waals surface area (Å²) in [4.78, 5) is 11.8. The molecule has 1 amide bonds. The molecule has 1 heterocycles. The number of ether oxygens (including phenoxy) is 2. The summed E-state index contributed by atoms with van der Waals surface area (Å²) in [5, 5.41) is 12.2. The maximum absolute atomic E-state index is 11.8. The Morgan fingerprint density at radius 2 is 2.12 bits per heavy atom. The van der Waals surface area contributed by atoms with Gasteiger partial charge in [-0.05, 0) is 26.0 Å². The van der Waals surface area contributed by atoms with Crippen LogP contribution in [0.15, 0.2) is 23.3 Å². The third kappa shape index (κ3) is 5.20. The van der Waals surface area contributed by atoms with Crippen molar-refractivity contribution in [3.63, 3.8) is 0 Å². The smallest absolute Gasteiger partial charge is 0.247 e. The lowest BCUT2D eigenvalue weighted by Crippen LogP contribution is -2.19. The van der Waals surface area contributed by atoms with E-state index in [1.165, 1.54) is 17.6 Å². The number of nitrogens with two attached hydrogens (primary N) is 1. The molecule has 0 spiro atoms. The van der Waals surface area contributed by atoms with Crippen molar-refractivity contribution >= 4 is 28.6 Å². The Bertz CT molecular complexity index is 717. The van der Waals surface area contributed by atoms with Gasteiger partial charge in [0, 0.05) is 11.6 Å². The van der Waals surface area contributed by atoms with Crippen molar-refractivity contribution in [1.29, 1.82) is 0 Å². The van der Waals surface area contributed by atoms with Crippen LogP contribution in [0.2, 0.25) is 0 Å². The lowest BCUT2D eigenvalue weighted by atomic mass is 10.2. The highest BCUT2D eigenvalue weighted by molar-refractivity contribution is 7.15. The van der Waals surface area contributed by atoms with Crippen LogP contribution in [0.25, 0.3) is 0 Å². The highest BCUT2D eigenvalue weighted by Crippen LogP contribution is 2.23. The zero-order valence-corrected chi connectivity index (χ0v) is 14.3. The number of benzene rings is 1. The first kappa shape index (κ1) is 17.7. The topological polar surface area (TPSA) is 112 Å². The molecule has 0 aliphatic carbocycles. The molecule has 0 unspecified atom stereocenters. The number of nitrogen functional groups attached to an aromatic ring is 1. The number of anilines is 1. The number of hydrogen-bond donors (Lipinski definition) is 2. The molecule has 0 bridgehead atoms. The molecular formula is C15H19N5O3S. The second-order valence-corrected chi connectivity index (χ2v) is 5.66. The third-order valence-corrected chi connectivity index (χ3v) is 3.54. The summed E-state index contributed by atoms with van der Waals surface area (Å²) in [5.41, 5.74) is 8.65. The van der Waals surface area contributed by atoms with Gasteiger partial charge in [0.1, 0.15) is 16.5 Å². The zero-order chi connectivity index (χ0) is 17.4. The number of amides is 1. The second-order valence-electron chi connectivity index (χ2n) is 4.57. The number of hydrazone groups is 1. The van der Waals surface area contributed by atoms with Crippen LogP contribution in [-0.4, -0.2) is 35.5 Å². The monoisotopic (exact) mass is 349 g/mol. The van der Waals surface area contributed by atoms with Crippen LogP contribution in [-0.2, 0) is 11.2 Å². The van der Waals surface area contributed by atoms with Crippen LogP contribution in [0, 0.1) is 0 Å². The maximum atomic E-state index is 11.8. The Kier molecular flexibility index (Phi) is 6.50. The van der Waals surface area contributed by atoms with E-state index < -0.39 is 0 Å². The van der Waals surface area contributed by atoms with E-state index in [0.29, 0.717) is 29.1 Å². The molecule has 2 rings (SSSR count). The van der Waals surface area contributed by atoms with Gasteiger partial charge in [0.15, 0.2) is 0 Å². The molecule has 2 aromatic rings.